The summed E-state index contributed by atoms with van der Waals surface area (Å²) in [5.41, 5.74) is 5.33. The molecular weight excluding hydrogens is 232 g/mol. The van der Waals surface area contributed by atoms with E-state index >= 15 is 0 Å². The number of hydrogen-bond acceptors (Lipinski definition) is 2. The number of anilines is 1. The van der Waals surface area contributed by atoms with E-state index < -0.39 is 0 Å². The summed E-state index contributed by atoms with van der Waals surface area (Å²) >= 11 is 0. The third-order valence-corrected chi connectivity index (χ3v) is 3.16. The quantitative estimate of drug-likeness (QED) is 0.879. The topological polar surface area (TPSA) is 35.8 Å². The van der Waals surface area contributed by atoms with Gasteiger partial charge in [0.1, 0.15) is 6.07 Å². The number of benzene rings is 2. The molecule has 0 saturated heterocycles. The van der Waals surface area contributed by atoms with Gasteiger partial charge >= 0.3 is 0 Å². The molecule has 1 unspecified atom stereocenters. The normalized spacial score (nSPS) is 11.7. The van der Waals surface area contributed by atoms with Crippen molar-refractivity contribution >= 4 is 5.69 Å². The molecule has 2 aromatic rings. The highest BCUT2D eigenvalue weighted by molar-refractivity contribution is 5.58. The van der Waals surface area contributed by atoms with Crippen molar-refractivity contribution in [2.45, 2.75) is 26.8 Å². The van der Waals surface area contributed by atoms with Crippen LogP contribution in [0.3, 0.4) is 0 Å². The van der Waals surface area contributed by atoms with E-state index in [9.17, 15) is 0 Å². The molecule has 19 heavy (non-hydrogen) atoms. The highest BCUT2D eigenvalue weighted by Crippen LogP contribution is 2.23. The molecule has 0 saturated carbocycles. The van der Waals surface area contributed by atoms with Crippen LogP contribution in [-0.2, 0) is 0 Å². The Morgan fingerprint density at radius 3 is 2.32 bits per heavy atom. The van der Waals surface area contributed by atoms with Gasteiger partial charge in [-0.2, -0.15) is 5.26 Å². The molecule has 2 aromatic carbocycles. The van der Waals surface area contributed by atoms with E-state index in [0.717, 1.165) is 5.69 Å². The third kappa shape index (κ3) is 3.14. The lowest BCUT2D eigenvalue weighted by molar-refractivity contribution is 0.880. The van der Waals surface area contributed by atoms with Crippen LogP contribution in [0.2, 0.25) is 0 Å². The van der Waals surface area contributed by atoms with Gasteiger partial charge in [0.2, 0.25) is 0 Å². The molecular formula is C17H18N2. The van der Waals surface area contributed by atoms with Crippen molar-refractivity contribution in [2.24, 2.45) is 0 Å². The lowest BCUT2D eigenvalue weighted by Gasteiger charge is -2.17. The molecule has 0 fully saturated rings. The maximum absolute atomic E-state index is 9.10. The smallest absolute Gasteiger partial charge is 0.101 e. The average molecular weight is 250 g/mol. The van der Waals surface area contributed by atoms with Crippen LogP contribution in [-0.4, -0.2) is 0 Å². The summed E-state index contributed by atoms with van der Waals surface area (Å²) in [4.78, 5) is 0. The van der Waals surface area contributed by atoms with Crippen molar-refractivity contribution in [3.05, 3.63) is 64.7 Å². The van der Waals surface area contributed by atoms with Crippen molar-refractivity contribution in [1.29, 1.82) is 5.26 Å². The zero-order valence-corrected chi connectivity index (χ0v) is 11.6. The van der Waals surface area contributed by atoms with E-state index in [2.05, 4.69) is 50.4 Å². The second-order valence-electron chi connectivity index (χ2n) is 4.94. The fraction of sp³-hybridized carbons (Fsp3) is 0.235. The van der Waals surface area contributed by atoms with Gasteiger partial charge in [-0.1, -0.05) is 41.5 Å². The van der Waals surface area contributed by atoms with Crippen molar-refractivity contribution < 1.29 is 0 Å². The second kappa shape index (κ2) is 5.58. The maximum atomic E-state index is 9.10. The number of nitrogens with zero attached hydrogens (tertiary/aromatic N) is 1. The van der Waals surface area contributed by atoms with Gasteiger partial charge in [0.05, 0.1) is 11.3 Å². The standard InChI is InChI=1S/C17H18N2/c1-12-8-13(2)10-16(9-12)14(3)19-17-7-5-4-6-15(17)11-18/h4-10,14,19H,1-3H3. The number of para-hydroxylation sites is 1. The molecule has 0 aliphatic rings. The molecule has 0 amide bonds. The molecule has 0 heterocycles. The molecule has 1 atom stereocenters. The van der Waals surface area contributed by atoms with Crippen LogP contribution < -0.4 is 5.32 Å². The summed E-state index contributed by atoms with van der Waals surface area (Å²) in [5.74, 6) is 0. The first-order valence-corrected chi connectivity index (χ1v) is 6.44. The van der Waals surface area contributed by atoms with E-state index in [1.54, 1.807) is 0 Å². The summed E-state index contributed by atoms with van der Waals surface area (Å²) in [7, 11) is 0. The average Bonchev–Trinajstić information content (AvgIpc) is 2.38. The molecule has 0 spiro atoms. The Balaban J connectivity index is 2.26. The predicted octanol–water partition coefficient (Wildman–Crippen LogP) is 4.35. The van der Waals surface area contributed by atoms with Gasteiger partial charge in [-0.15, -0.1) is 0 Å². The van der Waals surface area contributed by atoms with E-state index in [1.165, 1.54) is 16.7 Å². The van der Waals surface area contributed by atoms with Crippen LogP contribution in [0.5, 0.6) is 0 Å². The number of rotatable bonds is 3. The fourth-order valence-electron chi connectivity index (χ4n) is 2.28. The summed E-state index contributed by atoms with van der Waals surface area (Å²) < 4.78 is 0. The summed E-state index contributed by atoms with van der Waals surface area (Å²) in [6.07, 6.45) is 0. The van der Waals surface area contributed by atoms with Crippen molar-refractivity contribution in [3.63, 3.8) is 0 Å². The second-order valence-corrected chi connectivity index (χ2v) is 4.94. The molecule has 0 aromatic heterocycles. The number of aryl methyl sites for hydroxylation is 2. The molecule has 2 heteroatoms. The Morgan fingerprint density at radius 2 is 1.68 bits per heavy atom. The Labute approximate surface area is 114 Å². The monoisotopic (exact) mass is 250 g/mol. The highest BCUT2D eigenvalue weighted by atomic mass is 14.9. The molecule has 2 rings (SSSR count). The molecule has 0 aliphatic heterocycles. The first kappa shape index (κ1) is 13.2. The Bertz CT molecular complexity index is 603. The Hall–Kier alpha value is -2.27. The maximum Gasteiger partial charge on any atom is 0.101 e. The summed E-state index contributed by atoms with van der Waals surface area (Å²) in [5, 5.41) is 12.5. The largest absolute Gasteiger partial charge is 0.377 e. The fourth-order valence-corrected chi connectivity index (χ4v) is 2.28. The van der Waals surface area contributed by atoms with Crippen LogP contribution in [0, 0.1) is 25.2 Å². The first-order chi connectivity index (χ1) is 9.10. The SMILES string of the molecule is Cc1cc(C)cc(C(C)Nc2ccccc2C#N)c1. The zero-order chi connectivity index (χ0) is 13.8. The van der Waals surface area contributed by atoms with E-state index in [4.69, 9.17) is 5.26 Å². The minimum atomic E-state index is 0.174. The van der Waals surface area contributed by atoms with Gasteiger partial charge in [-0.25, -0.2) is 0 Å². The van der Waals surface area contributed by atoms with Gasteiger partial charge in [0, 0.05) is 6.04 Å². The minimum absolute atomic E-state index is 0.174. The van der Waals surface area contributed by atoms with Gasteiger partial charge in [-0.05, 0) is 38.5 Å². The number of hydrogen-bond donors (Lipinski definition) is 1. The van der Waals surface area contributed by atoms with Crippen molar-refractivity contribution in [2.75, 3.05) is 5.32 Å². The van der Waals surface area contributed by atoms with Crippen LogP contribution in [0.4, 0.5) is 5.69 Å². The van der Waals surface area contributed by atoms with Crippen LogP contribution in [0.25, 0.3) is 0 Å². The lowest BCUT2D eigenvalue weighted by Crippen LogP contribution is -2.08. The van der Waals surface area contributed by atoms with Gasteiger partial charge in [0.25, 0.3) is 0 Å². The number of nitrogens with one attached hydrogen (secondary N) is 1. The third-order valence-electron chi connectivity index (χ3n) is 3.16. The van der Waals surface area contributed by atoms with Gasteiger partial charge < -0.3 is 5.32 Å². The Morgan fingerprint density at radius 1 is 1.05 bits per heavy atom. The molecule has 0 radical (unpaired) electrons. The van der Waals surface area contributed by atoms with Crippen LogP contribution in [0.15, 0.2) is 42.5 Å². The van der Waals surface area contributed by atoms with Gasteiger partial charge in [0.15, 0.2) is 0 Å². The van der Waals surface area contributed by atoms with Crippen LogP contribution >= 0.6 is 0 Å². The van der Waals surface area contributed by atoms with E-state index in [0.29, 0.717) is 5.56 Å². The lowest BCUT2D eigenvalue weighted by atomic mass is 10.0. The zero-order valence-electron chi connectivity index (χ0n) is 11.6. The number of nitriles is 1. The van der Waals surface area contributed by atoms with Crippen LogP contribution in [0.1, 0.15) is 35.2 Å². The minimum Gasteiger partial charge on any atom is -0.377 e. The Kier molecular flexibility index (Phi) is 3.87. The predicted molar refractivity (Wildman–Crippen MR) is 79.1 cm³/mol. The summed E-state index contributed by atoms with van der Waals surface area (Å²) in [6, 6.07) is 16.5. The molecule has 96 valence electrons. The molecule has 1 N–H and O–H groups in total. The molecule has 2 nitrogen and oxygen atoms in total. The van der Waals surface area contributed by atoms with Crippen molar-refractivity contribution in [1.82, 2.24) is 0 Å². The summed E-state index contributed by atoms with van der Waals surface area (Å²) in [6.45, 7) is 6.32. The van der Waals surface area contributed by atoms with Gasteiger partial charge in [-0.3, -0.25) is 0 Å². The van der Waals surface area contributed by atoms with E-state index in [-0.39, 0.29) is 6.04 Å². The molecule has 0 bridgehead atoms. The molecule has 0 aliphatic carbocycles. The van der Waals surface area contributed by atoms with Crippen molar-refractivity contribution in [3.8, 4) is 6.07 Å². The van der Waals surface area contributed by atoms with E-state index in [1.807, 2.05) is 24.3 Å². The highest BCUT2D eigenvalue weighted by Gasteiger charge is 2.08. The first-order valence-electron chi connectivity index (χ1n) is 6.44.